The summed E-state index contributed by atoms with van der Waals surface area (Å²) in [5.41, 5.74) is 8.84. The van der Waals surface area contributed by atoms with E-state index in [4.69, 9.17) is 5.73 Å². The first kappa shape index (κ1) is 15.0. The van der Waals surface area contributed by atoms with Crippen molar-refractivity contribution in [2.24, 2.45) is 5.73 Å². The van der Waals surface area contributed by atoms with Gasteiger partial charge in [-0.05, 0) is 17.7 Å². The van der Waals surface area contributed by atoms with E-state index >= 15 is 0 Å². The molecule has 0 spiro atoms. The maximum Gasteiger partial charge on any atom is 0.0993 e. The van der Waals surface area contributed by atoms with Crippen molar-refractivity contribution in [3.05, 3.63) is 47.0 Å². The minimum absolute atomic E-state index is 0.538. The van der Waals surface area contributed by atoms with Gasteiger partial charge in [-0.15, -0.1) is 0 Å². The van der Waals surface area contributed by atoms with Gasteiger partial charge < -0.3 is 21.1 Å². The van der Waals surface area contributed by atoms with Gasteiger partial charge in [0.2, 0.25) is 0 Å². The average Bonchev–Trinajstić information content (AvgIpc) is 2.43. The van der Waals surface area contributed by atoms with E-state index in [1.165, 1.54) is 11.8 Å². The smallest absolute Gasteiger partial charge is 0.0993 e. The van der Waals surface area contributed by atoms with Gasteiger partial charge in [0.15, 0.2) is 0 Å². The maximum absolute atomic E-state index is 9.98. The molecule has 0 aromatic heterocycles. The molecule has 0 unspecified atom stereocenters. The Morgan fingerprint density at radius 1 is 1.40 bits per heavy atom. The summed E-state index contributed by atoms with van der Waals surface area (Å²) in [7, 11) is 4.02. The summed E-state index contributed by atoms with van der Waals surface area (Å²) in [5, 5.41) is 13.0. The molecule has 0 saturated carbocycles. The van der Waals surface area contributed by atoms with Crippen LogP contribution >= 0.6 is 11.8 Å². The van der Waals surface area contributed by atoms with Crippen molar-refractivity contribution in [3.8, 4) is 0 Å². The zero-order valence-electron chi connectivity index (χ0n) is 11.9. The minimum Gasteiger partial charge on any atom is -0.400 e. The number of hydrogen-bond acceptors (Lipinski definition) is 5. The SMILES string of the molecule is C=C(SC1=C(N)CNC[C@@H]1O)c1ccc(N(C)C)cc1. The first-order valence-corrected chi connectivity index (χ1v) is 7.32. The Kier molecular flexibility index (Phi) is 4.75. The molecule has 0 aliphatic carbocycles. The van der Waals surface area contributed by atoms with Crippen molar-refractivity contribution in [2.75, 3.05) is 32.1 Å². The number of benzene rings is 1. The topological polar surface area (TPSA) is 61.5 Å². The molecular weight excluding hydrogens is 270 g/mol. The Morgan fingerprint density at radius 2 is 2.05 bits per heavy atom. The fourth-order valence-electron chi connectivity index (χ4n) is 2.01. The van der Waals surface area contributed by atoms with Crippen LogP contribution in [0.4, 0.5) is 5.69 Å². The second kappa shape index (κ2) is 6.35. The zero-order valence-corrected chi connectivity index (χ0v) is 12.7. The molecule has 4 nitrogen and oxygen atoms in total. The lowest BCUT2D eigenvalue weighted by Crippen LogP contribution is -2.37. The number of aliphatic hydroxyl groups excluding tert-OH is 1. The number of nitrogens with zero attached hydrogens (tertiary/aromatic N) is 1. The third-order valence-electron chi connectivity index (χ3n) is 3.21. The van der Waals surface area contributed by atoms with Gasteiger partial charge in [-0.25, -0.2) is 0 Å². The van der Waals surface area contributed by atoms with Gasteiger partial charge >= 0.3 is 0 Å². The third kappa shape index (κ3) is 3.36. The molecule has 1 atom stereocenters. The quantitative estimate of drug-likeness (QED) is 0.786. The Labute approximate surface area is 124 Å². The molecule has 1 heterocycles. The number of nitrogens with two attached hydrogens (primary N) is 1. The van der Waals surface area contributed by atoms with Gasteiger partial charge in [-0.1, -0.05) is 30.5 Å². The lowest BCUT2D eigenvalue weighted by atomic mass is 10.2. The van der Waals surface area contributed by atoms with Crippen LogP contribution in [0.15, 0.2) is 41.4 Å². The number of nitrogens with one attached hydrogen (secondary N) is 1. The highest BCUT2D eigenvalue weighted by Gasteiger charge is 2.20. The number of hydrogen-bond donors (Lipinski definition) is 3. The Balaban J connectivity index is 2.12. The summed E-state index contributed by atoms with van der Waals surface area (Å²) in [4.78, 5) is 3.76. The first-order chi connectivity index (χ1) is 9.49. The van der Waals surface area contributed by atoms with E-state index in [1.54, 1.807) is 0 Å². The van der Waals surface area contributed by atoms with E-state index in [1.807, 2.05) is 26.2 Å². The van der Waals surface area contributed by atoms with Gasteiger partial charge in [0.1, 0.15) is 0 Å². The lowest BCUT2D eigenvalue weighted by Gasteiger charge is -2.24. The Bertz CT molecular complexity index is 522. The molecule has 4 N–H and O–H groups in total. The molecule has 0 radical (unpaired) electrons. The Hall–Kier alpha value is -1.43. The van der Waals surface area contributed by atoms with Crippen molar-refractivity contribution in [2.45, 2.75) is 6.10 Å². The van der Waals surface area contributed by atoms with Crippen LogP contribution in [0.3, 0.4) is 0 Å². The molecule has 0 bridgehead atoms. The summed E-state index contributed by atoms with van der Waals surface area (Å²) < 4.78 is 0. The second-order valence-electron chi connectivity index (χ2n) is 5.00. The summed E-state index contributed by atoms with van der Waals surface area (Å²) in [6, 6.07) is 8.18. The molecule has 1 aliphatic heterocycles. The number of aliphatic hydroxyl groups is 1. The molecule has 1 aromatic rings. The largest absolute Gasteiger partial charge is 0.400 e. The van der Waals surface area contributed by atoms with Gasteiger partial charge in [0.25, 0.3) is 0 Å². The molecule has 20 heavy (non-hydrogen) atoms. The lowest BCUT2D eigenvalue weighted by molar-refractivity contribution is 0.209. The summed E-state index contributed by atoms with van der Waals surface area (Å²) in [6.45, 7) is 5.25. The van der Waals surface area contributed by atoms with Crippen molar-refractivity contribution in [1.82, 2.24) is 5.32 Å². The molecule has 1 aromatic carbocycles. The Morgan fingerprint density at radius 3 is 2.60 bits per heavy atom. The number of rotatable bonds is 4. The van der Waals surface area contributed by atoms with Gasteiger partial charge in [-0.3, -0.25) is 0 Å². The van der Waals surface area contributed by atoms with Gasteiger partial charge in [0.05, 0.1) is 6.10 Å². The van der Waals surface area contributed by atoms with Crippen LogP contribution in [0.5, 0.6) is 0 Å². The van der Waals surface area contributed by atoms with E-state index in [2.05, 4.69) is 28.9 Å². The first-order valence-electron chi connectivity index (χ1n) is 6.51. The molecule has 5 heteroatoms. The summed E-state index contributed by atoms with van der Waals surface area (Å²) in [6.07, 6.45) is -0.549. The van der Waals surface area contributed by atoms with Gasteiger partial charge in [0, 0.05) is 48.4 Å². The predicted molar refractivity (Wildman–Crippen MR) is 87.5 cm³/mol. The van der Waals surface area contributed by atoms with E-state index in [-0.39, 0.29) is 0 Å². The molecule has 0 saturated heterocycles. The number of anilines is 1. The van der Waals surface area contributed by atoms with Crippen molar-refractivity contribution in [3.63, 3.8) is 0 Å². The number of thioether (sulfide) groups is 1. The zero-order chi connectivity index (χ0) is 14.7. The second-order valence-corrected chi connectivity index (χ2v) is 6.14. The molecule has 108 valence electrons. The van der Waals surface area contributed by atoms with Crippen LogP contribution in [-0.4, -0.2) is 38.4 Å². The molecule has 0 fully saturated rings. The predicted octanol–water partition coefficient (Wildman–Crippen LogP) is 1.59. The monoisotopic (exact) mass is 291 g/mol. The van der Waals surface area contributed by atoms with Crippen LogP contribution in [0.1, 0.15) is 5.56 Å². The van der Waals surface area contributed by atoms with E-state index in [0.29, 0.717) is 18.8 Å². The molecular formula is C15H21N3OS. The third-order valence-corrected chi connectivity index (χ3v) is 4.45. The normalized spacial score (nSPS) is 19.1. The van der Waals surface area contributed by atoms with Crippen LogP contribution in [0, 0.1) is 0 Å². The number of β-amino-alcohol motifs (C(OH)–C–C–N with tert-alkyl or cyclic N) is 1. The highest BCUT2D eigenvalue weighted by atomic mass is 32.2. The molecule has 2 rings (SSSR count). The maximum atomic E-state index is 9.98. The van der Waals surface area contributed by atoms with Crippen LogP contribution in [0.25, 0.3) is 4.91 Å². The summed E-state index contributed by atoms with van der Waals surface area (Å²) in [5.74, 6) is 0. The van der Waals surface area contributed by atoms with Crippen LogP contribution in [0.2, 0.25) is 0 Å². The minimum atomic E-state index is -0.549. The van der Waals surface area contributed by atoms with E-state index in [0.717, 1.165) is 21.1 Å². The molecule has 1 aliphatic rings. The van der Waals surface area contributed by atoms with Crippen molar-refractivity contribution < 1.29 is 5.11 Å². The molecule has 0 amide bonds. The van der Waals surface area contributed by atoms with Crippen molar-refractivity contribution in [1.29, 1.82) is 0 Å². The highest BCUT2D eigenvalue weighted by molar-refractivity contribution is 8.11. The average molecular weight is 291 g/mol. The fourth-order valence-corrected chi connectivity index (χ4v) is 2.95. The summed E-state index contributed by atoms with van der Waals surface area (Å²) >= 11 is 1.46. The van der Waals surface area contributed by atoms with Gasteiger partial charge in [-0.2, -0.15) is 0 Å². The van der Waals surface area contributed by atoms with E-state index < -0.39 is 6.10 Å². The van der Waals surface area contributed by atoms with Crippen LogP contribution in [-0.2, 0) is 0 Å². The van der Waals surface area contributed by atoms with E-state index in [9.17, 15) is 5.11 Å². The fraction of sp³-hybridized carbons (Fsp3) is 0.333. The standard InChI is InChI=1S/C15H21N3OS/c1-10(11-4-6-12(7-5-11)18(2)3)20-15-13(16)8-17-9-14(15)19/h4-7,14,17,19H,1,8-9,16H2,2-3H3/t14-/m0/s1. The highest BCUT2D eigenvalue weighted by Crippen LogP contribution is 2.36. The van der Waals surface area contributed by atoms with Crippen LogP contribution < -0.4 is 16.0 Å². The van der Waals surface area contributed by atoms with Crippen molar-refractivity contribution >= 4 is 22.4 Å².